The minimum absolute atomic E-state index is 0. The molecule has 0 spiro atoms. The average Bonchev–Trinajstić information content (AvgIpc) is 2.55. The fourth-order valence-electron chi connectivity index (χ4n) is 2.87. The summed E-state index contributed by atoms with van der Waals surface area (Å²) in [6.45, 7) is 0.666. The van der Waals surface area contributed by atoms with E-state index in [0.717, 1.165) is 30.0 Å². The number of methoxy groups -OCH3 is 1. The first-order valence-electron chi connectivity index (χ1n) is 7.84. The Morgan fingerprint density at radius 1 is 1.25 bits per heavy atom. The number of hydrogen-bond donors (Lipinski definition) is 2. The summed E-state index contributed by atoms with van der Waals surface area (Å²) >= 11 is 0. The Morgan fingerprint density at radius 3 is 2.54 bits per heavy atom. The molecule has 128 valence electrons. The SMILES string of the molecule is COc1ccc(NC(N)=NCC2(c3ccccn3)CCC2)cc1.I. The third-order valence-corrected chi connectivity index (χ3v) is 4.43. The molecule has 1 heterocycles. The normalized spacial score (nSPS) is 15.8. The third kappa shape index (κ3) is 4.17. The molecule has 6 heteroatoms. The van der Waals surface area contributed by atoms with Gasteiger partial charge in [0.2, 0.25) is 0 Å². The molecule has 0 bridgehead atoms. The highest BCUT2D eigenvalue weighted by atomic mass is 127. The van der Waals surface area contributed by atoms with Gasteiger partial charge in [-0.25, -0.2) is 0 Å². The maximum absolute atomic E-state index is 6.03. The lowest BCUT2D eigenvalue weighted by Gasteiger charge is -2.40. The molecule has 2 aromatic rings. The molecular weight excluding hydrogens is 415 g/mol. The molecule has 0 unspecified atom stereocenters. The Kier molecular flexibility index (Phi) is 6.42. The lowest BCUT2D eigenvalue weighted by atomic mass is 9.66. The molecule has 3 N–H and O–H groups in total. The number of rotatable bonds is 5. The fourth-order valence-corrected chi connectivity index (χ4v) is 2.87. The molecule has 1 aromatic heterocycles. The lowest BCUT2D eigenvalue weighted by molar-refractivity contribution is 0.246. The van der Waals surface area contributed by atoms with Crippen molar-refractivity contribution in [3.8, 4) is 5.75 Å². The van der Waals surface area contributed by atoms with Gasteiger partial charge in [0.05, 0.1) is 13.7 Å². The van der Waals surface area contributed by atoms with Gasteiger partial charge in [0.15, 0.2) is 5.96 Å². The number of nitrogens with one attached hydrogen (secondary N) is 1. The summed E-state index contributed by atoms with van der Waals surface area (Å²) in [6, 6.07) is 13.7. The highest BCUT2D eigenvalue weighted by molar-refractivity contribution is 14.0. The molecule has 1 aromatic carbocycles. The van der Waals surface area contributed by atoms with Crippen molar-refractivity contribution in [3.05, 3.63) is 54.4 Å². The first kappa shape index (κ1) is 18.5. The molecule has 1 fully saturated rings. The van der Waals surface area contributed by atoms with E-state index in [-0.39, 0.29) is 29.4 Å². The van der Waals surface area contributed by atoms with Crippen molar-refractivity contribution in [2.75, 3.05) is 19.0 Å². The lowest BCUT2D eigenvalue weighted by Crippen LogP contribution is -2.39. The zero-order valence-corrected chi connectivity index (χ0v) is 16.1. The van der Waals surface area contributed by atoms with E-state index < -0.39 is 0 Å². The van der Waals surface area contributed by atoms with Crippen LogP contribution in [0.5, 0.6) is 5.75 Å². The largest absolute Gasteiger partial charge is 0.497 e. The van der Waals surface area contributed by atoms with Crippen LogP contribution in [0.15, 0.2) is 53.7 Å². The van der Waals surface area contributed by atoms with Gasteiger partial charge in [-0.15, -0.1) is 24.0 Å². The Labute approximate surface area is 159 Å². The van der Waals surface area contributed by atoms with Gasteiger partial charge in [-0.3, -0.25) is 9.98 Å². The van der Waals surface area contributed by atoms with E-state index in [1.54, 1.807) is 7.11 Å². The Bertz CT molecular complexity index is 669. The number of aliphatic imine (C=N–C) groups is 1. The van der Waals surface area contributed by atoms with Crippen LogP contribution in [0.3, 0.4) is 0 Å². The molecule has 0 radical (unpaired) electrons. The van der Waals surface area contributed by atoms with Crippen LogP contribution in [0, 0.1) is 0 Å². The number of anilines is 1. The van der Waals surface area contributed by atoms with E-state index in [1.165, 1.54) is 6.42 Å². The number of hydrogen-bond acceptors (Lipinski definition) is 3. The summed E-state index contributed by atoms with van der Waals surface area (Å²) in [4.78, 5) is 9.05. The molecule has 0 amide bonds. The van der Waals surface area contributed by atoms with Crippen molar-refractivity contribution in [2.24, 2.45) is 10.7 Å². The van der Waals surface area contributed by atoms with Gasteiger partial charge in [-0.05, 0) is 49.2 Å². The molecule has 3 rings (SSSR count). The second kappa shape index (κ2) is 8.32. The van der Waals surface area contributed by atoms with E-state index in [9.17, 15) is 0 Å². The van der Waals surface area contributed by atoms with E-state index >= 15 is 0 Å². The summed E-state index contributed by atoms with van der Waals surface area (Å²) in [5.74, 6) is 1.24. The van der Waals surface area contributed by atoms with Crippen molar-refractivity contribution in [3.63, 3.8) is 0 Å². The smallest absolute Gasteiger partial charge is 0.193 e. The number of nitrogens with zero attached hydrogens (tertiary/aromatic N) is 2. The highest BCUT2D eigenvalue weighted by Crippen LogP contribution is 2.42. The number of halogens is 1. The maximum Gasteiger partial charge on any atom is 0.193 e. The van der Waals surface area contributed by atoms with Gasteiger partial charge in [0.25, 0.3) is 0 Å². The molecular formula is C18H23IN4O. The van der Waals surface area contributed by atoms with Crippen molar-refractivity contribution in [1.29, 1.82) is 0 Å². The monoisotopic (exact) mass is 438 g/mol. The molecule has 1 aliphatic carbocycles. The van der Waals surface area contributed by atoms with Crippen LogP contribution < -0.4 is 15.8 Å². The molecule has 0 atom stereocenters. The Balaban J connectivity index is 0.00000208. The standard InChI is InChI=1S/C18H22N4O.HI/c1-23-15-8-6-14(7-9-15)22-17(19)21-13-18(10-4-11-18)16-5-2-3-12-20-16;/h2-3,5-9,12H,4,10-11,13H2,1H3,(H3,19,21,22);1H. The van der Waals surface area contributed by atoms with Crippen LogP contribution in [0.4, 0.5) is 5.69 Å². The van der Waals surface area contributed by atoms with Gasteiger partial charge in [-0.1, -0.05) is 12.5 Å². The Morgan fingerprint density at radius 2 is 2.00 bits per heavy atom. The third-order valence-electron chi connectivity index (χ3n) is 4.43. The molecule has 1 aliphatic rings. The average molecular weight is 438 g/mol. The number of pyridine rings is 1. The fraction of sp³-hybridized carbons (Fsp3) is 0.333. The first-order valence-corrected chi connectivity index (χ1v) is 7.84. The van der Waals surface area contributed by atoms with Crippen molar-refractivity contribution in [2.45, 2.75) is 24.7 Å². The topological polar surface area (TPSA) is 72.5 Å². The highest BCUT2D eigenvalue weighted by Gasteiger charge is 2.39. The molecule has 0 aliphatic heterocycles. The van der Waals surface area contributed by atoms with Crippen molar-refractivity contribution >= 4 is 35.6 Å². The zero-order valence-electron chi connectivity index (χ0n) is 13.7. The predicted molar refractivity (Wildman–Crippen MR) is 108 cm³/mol. The molecule has 0 saturated heterocycles. The second-order valence-corrected chi connectivity index (χ2v) is 5.90. The maximum atomic E-state index is 6.03. The van der Waals surface area contributed by atoms with E-state index in [4.69, 9.17) is 10.5 Å². The van der Waals surface area contributed by atoms with Crippen LogP contribution in [-0.4, -0.2) is 24.6 Å². The van der Waals surface area contributed by atoms with Gasteiger partial charge in [0.1, 0.15) is 5.75 Å². The number of guanidine groups is 1. The summed E-state index contributed by atoms with van der Waals surface area (Å²) in [6.07, 6.45) is 5.29. The van der Waals surface area contributed by atoms with Crippen LogP contribution in [0.25, 0.3) is 0 Å². The van der Waals surface area contributed by atoms with E-state index in [2.05, 4.69) is 21.4 Å². The van der Waals surface area contributed by atoms with E-state index in [0.29, 0.717) is 12.5 Å². The summed E-state index contributed by atoms with van der Waals surface area (Å²) < 4.78 is 5.14. The van der Waals surface area contributed by atoms with Crippen molar-refractivity contribution in [1.82, 2.24) is 4.98 Å². The second-order valence-electron chi connectivity index (χ2n) is 5.90. The van der Waals surface area contributed by atoms with Crippen LogP contribution in [0.1, 0.15) is 25.0 Å². The van der Waals surface area contributed by atoms with Crippen LogP contribution in [0.2, 0.25) is 0 Å². The minimum Gasteiger partial charge on any atom is -0.497 e. The predicted octanol–water partition coefficient (Wildman–Crippen LogP) is 3.56. The van der Waals surface area contributed by atoms with Gasteiger partial charge in [-0.2, -0.15) is 0 Å². The number of aromatic nitrogens is 1. The summed E-state index contributed by atoms with van der Waals surface area (Å²) in [7, 11) is 1.65. The summed E-state index contributed by atoms with van der Waals surface area (Å²) in [5.41, 5.74) is 8.09. The molecule has 5 nitrogen and oxygen atoms in total. The molecule has 1 saturated carbocycles. The minimum atomic E-state index is 0. The zero-order chi connectivity index (χ0) is 16.1. The van der Waals surface area contributed by atoms with E-state index in [1.807, 2.05) is 42.6 Å². The summed E-state index contributed by atoms with van der Waals surface area (Å²) in [5, 5.41) is 3.12. The van der Waals surface area contributed by atoms with Crippen LogP contribution in [-0.2, 0) is 5.41 Å². The van der Waals surface area contributed by atoms with Gasteiger partial charge < -0.3 is 15.8 Å². The van der Waals surface area contributed by atoms with Gasteiger partial charge in [0, 0.05) is 23.0 Å². The first-order chi connectivity index (χ1) is 11.2. The number of ether oxygens (including phenoxy) is 1. The number of benzene rings is 1. The number of nitrogens with two attached hydrogens (primary N) is 1. The van der Waals surface area contributed by atoms with Crippen LogP contribution >= 0.6 is 24.0 Å². The quantitative estimate of drug-likeness (QED) is 0.426. The van der Waals surface area contributed by atoms with Crippen molar-refractivity contribution < 1.29 is 4.74 Å². The molecule has 24 heavy (non-hydrogen) atoms. The van der Waals surface area contributed by atoms with Gasteiger partial charge >= 0.3 is 0 Å². The Hall–Kier alpha value is -1.83.